The molecule has 2 nitrogen and oxygen atoms in total. The number of carbonyl (C=O) groups is 1. The number of benzene rings is 1. The minimum absolute atomic E-state index is 0.602. The third-order valence-corrected chi connectivity index (χ3v) is 2.69. The normalized spacial score (nSPS) is 11.3. The van der Waals surface area contributed by atoms with E-state index in [1.54, 1.807) is 13.8 Å². The molecule has 1 rings (SSSR count). The molecule has 0 radical (unpaired) electrons. The summed E-state index contributed by atoms with van der Waals surface area (Å²) in [6.45, 7) is 3.56. The lowest BCUT2D eigenvalue weighted by molar-refractivity contribution is -0.147. The van der Waals surface area contributed by atoms with Gasteiger partial charge in [0, 0.05) is 0 Å². The molecule has 0 saturated carbocycles. The van der Waals surface area contributed by atoms with Gasteiger partial charge in [0.05, 0.1) is 5.41 Å². The Kier molecular flexibility index (Phi) is 3.89. The molecule has 15 heavy (non-hydrogen) atoms. The predicted molar refractivity (Wildman–Crippen MR) is 60.8 cm³/mol. The molecule has 0 bridgehead atoms. The minimum Gasteiger partial charge on any atom is -0.481 e. The first kappa shape index (κ1) is 11.8. The van der Waals surface area contributed by atoms with E-state index in [9.17, 15) is 4.79 Å². The maximum atomic E-state index is 10.9. The molecule has 0 saturated heterocycles. The molecular formula is C13H18O2. The van der Waals surface area contributed by atoms with Gasteiger partial charge in [-0.05, 0) is 38.7 Å². The highest BCUT2D eigenvalue weighted by molar-refractivity contribution is 5.73. The fourth-order valence-electron chi connectivity index (χ4n) is 1.49. The molecule has 1 N–H and O–H groups in total. The monoisotopic (exact) mass is 206 g/mol. The van der Waals surface area contributed by atoms with Gasteiger partial charge < -0.3 is 5.11 Å². The van der Waals surface area contributed by atoms with Crippen LogP contribution in [0.4, 0.5) is 0 Å². The fraction of sp³-hybridized carbons (Fsp3) is 0.462. The Bertz CT molecular complexity index is 315. The van der Waals surface area contributed by atoms with Crippen LogP contribution in [0.1, 0.15) is 32.3 Å². The molecule has 0 atom stereocenters. The number of aliphatic carboxylic acids is 1. The van der Waals surface area contributed by atoms with Crippen LogP contribution in [-0.4, -0.2) is 11.1 Å². The summed E-state index contributed by atoms with van der Waals surface area (Å²) in [5.74, 6) is -0.712. The molecule has 0 aliphatic rings. The van der Waals surface area contributed by atoms with Crippen LogP contribution in [0.25, 0.3) is 0 Å². The van der Waals surface area contributed by atoms with Crippen LogP contribution in [0.15, 0.2) is 30.3 Å². The van der Waals surface area contributed by atoms with Crippen molar-refractivity contribution in [2.24, 2.45) is 5.41 Å². The zero-order chi connectivity index (χ0) is 11.3. The summed E-state index contributed by atoms with van der Waals surface area (Å²) in [6, 6.07) is 10.2. The topological polar surface area (TPSA) is 37.3 Å². The second kappa shape index (κ2) is 4.96. The summed E-state index contributed by atoms with van der Waals surface area (Å²) in [6.07, 6.45) is 2.60. The van der Waals surface area contributed by atoms with Gasteiger partial charge in [0.15, 0.2) is 0 Å². The lowest BCUT2D eigenvalue weighted by atomic mass is 9.87. The standard InChI is InChI=1S/C13H18O2/c1-13(2,12(14)15)10-6-9-11-7-4-3-5-8-11/h3-5,7-8H,6,9-10H2,1-2H3,(H,14,15). The van der Waals surface area contributed by atoms with Crippen LogP contribution in [0.2, 0.25) is 0 Å². The van der Waals surface area contributed by atoms with Gasteiger partial charge in [-0.2, -0.15) is 0 Å². The van der Waals surface area contributed by atoms with Crippen molar-refractivity contribution in [2.45, 2.75) is 33.1 Å². The zero-order valence-corrected chi connectivity index (χ0v) is 9.36. The summed E-state index contributed by atoms with van der Waals surface area (Å²) < 4.78 is 0. The van der Waals surface area contributed by atoms with E-state index in [4.69, 9.17) is 5.11 Å². The molecule has 0 heterocycles. The number of aryl methyl sites for hydroxylation is 1. The Morgan fingerprint density at radius 1 is 1.27 bits per heavy atom. The average molecular weight is 206 g/mol. The second-order valence-corrected chi connectivity index (χ2v) is 4.53. The van der Waals surface area contributed by atoms with Crippen LogP contribution in [-0.2, 0) is 11.2 Å². The first-order chi connectivity index (χ1) is 7.02. The van der Waals surface area contributed by atoms with E-state index in [0.29, 0.717) is 0 Å². The van der Waals surface area contributed by atoms with Crippen molar-refractivity contribution in [2.75, 3.05) is 0 Å². The number of rotatable bonds is 5. The molecule has 0 amide bonds. The first-order valence-corrected chi connectivity index (χ1v) is 5.30. The Morgan fingerprint density at radius 3 is 2.40 bits per heavy atom. The summed E-state index contributed by atoms with van der Waals surface area (Å²) >= 11 is 0. The van der Waals surface area contributed by atoms with Gasteiger partial charge in [-0.3, -0.25) is 4.79 Å². The van der Waals surface area contributed by atoms with Crippen LogP contribution >= 0.6 is 0 Å². The Labute approximate surface area is 90.9 Å². The summed E-state index contributed by atoms with van der Waals surface area (Å²) in [5, 5.41) is 8.94. The summed E-state index contributed by atoms with van der Waals surface area (Å²) in [4.78, 5) is 10.9. The van der Waals surface area contributed by atoms with Gasteiger partial charge in [-0.25, -0.2) is 0 Å². The number of hydrogen-bond donors (Lipinski definition) is 1. The van der Waals surface area contributed by atoms with E-state index in [1.165, 1.54) is 5.56 Å². The molecule has 0 aliphatic carbocycles. The van der Waals surface area contributed by atoms with Crippen molar-refractivity contribution in [3.05, 3.63) is 35.9 Å². The lowest BCUT2D eigenvalue weighted by Crippen LogP contribution is -2.23. The van der Waals surface area contributed by atoms with Gasteiger partial charge >= 0.3 is 5.97 Å². The molecule has 1 aromatic carbocycles. The number of carboxylic acids is 1. The highest BCUT2D eigenvalue weighted by atomic mass is 16.4. The Morgan fingerprint density at radius 2 is 1.87 bits per heavy atom. The maximum Gasteiger partial charge on any atom is 0.309 e. The van der Waals surface area contributed by atoms with Crippen LogP contribution in [0.3, 0.4) is 0 Å². The van der Waals surface area contributed by atoms with E-state index in [2.05, 4.69) is 12.1 Å². The minimum atomic E-state index is -0.712. The molecule has 82 valence electrons. The van der Waals surface area contributed by atoms with Crippen LogP contribution in [0.5, 0.6) is 0 Å². The molecule has 1 aromatic rings. The molecule has 0 aromatic heterocycles. The van der Waals surface area contributed by atoms with Gasteiger partial charge in [-0.15, -0.1) is 0 Å². The third-order valence-electron chi connectivity index (χ3n) is 2.69. The lowest BCUT2D eigenvalue weighted by Gasteiger charge is -2.18. The van der Waals surface area contributed by atoms with Crippen molar-refractivity contribution < 1.29 is 9.90 Å². The summed E-state index contributed by atoms with van der Waals surface area (Å²) in [7, 11) is 0. The highest BCUT2D eigenvalue weighted by Crippen LogP contribution is 2.23. The molecule has 0 spiro atoms. The fourth-order valence-corrected chi connectivity index (χ4v) is 1.49. The molecular weight excluding hydrogens is 188 g/mol. The first-order valence-electron chi connectivity index (χ1n) is 5.30. The quantitative estimate of drug-likeness (QED) is 0.803. The number of hydrogen-bond acceptors (Lipinski definition) is 1. The van der Waals surface area contributed by atoms with Crippen molar-refractivity contribution in [3.63, 3.8) is 0 Å². The molecule has 2 heteroatoms. The van der Waals surface area contributed by atoms with Crippen molar-refractivity contribution in [1.29, 1.82) is 0 Å². The van der Waals surface area contributed by atoms with Gasteiger partial charge in [0.1, 0.15) is 0 Å². The van der Waals surface area contributed by atoms with Gasteiger partial charge in [0.25, 0.3) is 0 Å². The number of carboxylic acid groups (broad SMARTS) is 1. The Balaban J connectivity index is 2.37. The van der Waals surface area contributed by atoms with E-state index in [1.807, 2.05) is 18.2 Å². The van der Waals surface area contributed by atoms with Crippen molar-refractivity contribution in [1.82, 2.24) is 0 Å². The Hall–Kier alpha value is -1.31. The van der Waals surface area contributed by atoms with Crippen molar-refractivity contribution in [3.8, 4) is 0 Å². The zero-order valence-electron chi connectivity index (χ0n) is 9.36. The van der Waals surface area contributed by atoms with Gasteiger partial charge in [-0.1, -0.05) is 30.3 Å². The molecule has 0 fully saturated rings. The van der Waals surface area contributed by atoms with E-state index in [-0.39, 0.29) is 0 Å². The van der Waals surface area contributed by atoms with Crippen molar-refractivity contribution >= 4 is 5.97 Å². The highest BCUT2D eigenvalue weighted by Gasteiger charge is 2.25. The molecule has 0 unspecified atom stereocenters. The smallest absolute Gasteiger partial charge is 0.309 e. The average Bonchev–Trinajstić information content (AvgIpc) is 2.19. The molecule has 0 aliphatic heterocycles. The summed E-state index contributed by atoms with van der Waals surface area (Å²) in [5.41, 5.74) is 0.674. The largest absolute Gasteiger partial charge is 0.481 e. The van der Waals surface area contributed by atoms with Crippen LogP contribution in [0, 0.1) is 5.41 Å². The van der Waals surface area contributed by atoms with E-state index >= 15 is 0 Å². The van der Waals surface area contributed by atoms with Crippen LogP contribution < -0.4 is 0 Å². The third kappa shape index (κ3) is 3.74. The van der Waals surface area contributed by atoms with E-state index in [0.717, 1.165) is 19.3 Å². The van der Waals surface area contributed by atoms with Gasteiger partial charge in [0.2, 0.25) is 0 Å². The predicted octanol–water partition coefficient (Wildman–Crippen LogP) is 3.12. The van der Waals surface area contributed by atoms with E-state index < -0.39 is 11.4 Å². The maximum absolute atomic E-state index is 10.9. The second-order valence-electron chi connectivity index (χ2n) is 4.53. The SMILES string of the molecule is CC(C)(CCCc1ccccc1)C(=O)O.